The van der Waals surface area contributed by atoms with Crippen molar-refractivity contribution in [1.82, 2.24) is 9.97 Å². The lowest BCUT2D eigenvalue weighted by Crippen LogP contribution is -2.16. The fourth-order valence-electron chi connectivity index (χ4n) is 2.41. The lowest BCUT2D eigenvalue weighted by molar-refractivity contribution is 0.282. The van der Waals surface area contributed by atoms with Gasteiger partial charge in [0.2, 0.25) is 5.95 Å². The maximum absolute atomic E-state index is 5.73. The highest BCUT2D eigenvalue weighted by Gasteiger charge is 2.17. The van der Waals surface area contributed by atoms with Crippen LogP contribution in [0.15, 0.2) is 12.4 Å². The second-order valence-electron chi connectivity index (χ2n) is 5.07. The number of aromatic nitrogens is 2. The minimum atomic E-state index is 0.580. The molecule has 1 aliphatic rings. The number of hydrogen-bond acceptors (Lipinski definition) is 3. The van der Waals surface area contributed by atoms with E-state index in [1.54, 1.807) is 12.4 Å². The van der Waals surface area contributed by atoms with Gasteiger partial charge in [-0.25, -0.2) is 9.97 Å². The smallest absolute Gasteiger partial charge is 0.222 e. The number of hydrogen-bond donors (Lipinski definition) is 1. The van der Waals surface area contributed by atoms with Crippen molar-refractivity contribution in [1.29, 1.82) is 0 Å². The molecule has 0 amide bonds. The topological polar surface area (TPSA) is 37.8 Å². The summed E-state index contributed by atoms with van der Waals surface area (Å²) >= 11 is 5.73. The van der Waals surface area contributed by atoms with Gasteiger partial charge in [-0.15, -0.1) is 0 Å². The molecule has 0 aromatic carbocycles. The Kier molecular flexibility index (Phi) is 4.60. The van der Waals surface area contributed by atoms with Crippen LogP contribution in [-0.4, -0.2) is 16.5 Å². The van der Waals surface area contributed by atoms with Crippen molar-refractivity contribution in [2.45, 2.75) is 39.0 Å². The molecule has 2 rings (SSSR count). The van der Waals surface area contributed by atoms with E-state index >= 15 is 0 Å². The highest BCUT2D eigenvalue weighted by atomic mass is 35.5. The van der Waals surface area contributed by atoms with Crippen LogP contribution in [0.5, 0.6) is 0 Å². The molecule has 0 bridgehead atoms. The second-order valence-corrected chi connectivity index (χ2v) is 5.50. The van der Waals surface area contributed by atoms with E-state index < -0.39 is 0 Å². The zero-order valence-corrected chi connectivity index (χ0v) is 11.1. The van der Waals surface area contributed by atoms with E-state index in [1.807, 2.05) is 0 Å². The average Bonchev–Trinajstić information content (AvgIpc) is 2.34. The van der Waals surface area contributed by atoms with Gasteiger partial charge in [-0.05, 0) is 18.3 Å². The fraction of sp³-hybridized carbons (Fsp3) is 0.692. The molecular formula is C13H20ClN3. The van der Waals surface area contributed by atoms with Crippen molar-refractivity contribution in [3.63, 3.8) is 0 Å². The molecule has 0 aliphatic heterocycles. The number of halogens is 1. The SMILES string of the molecule is CC1CCC(CCNc2ncc(Cl)cn2)CC1. The van der Waals surface area contributed by atoms with Crippen molar-refractivity contribution >= 4 is 17.5 Å². The van der Waals surface area contributed by atoms with Gasteiger partial charge in [0, 0.05) is 6.54 Å². The third-order valence-electron chi connectivity index (χ3n) is 3.59. The first-order valence-corrected chi connectivity index (χ1v) is 6.83. The van der Waals surface area contributed by atoms with Crippen molar-refractivity contribution < 1.29 is 0 Å². The van der Waals surface area contributed by atoms with E-state index in [0.29, 0.717) is 11.0 Å². The summed E-state index contributed by atoms with van der Waals surface area (Å²) in [6.07, 6.45) is 10.0. The molecular weight excluding hydrogens is 234 g/mol. The van der Waals surface area contributed by atoms with Gasteiger partial charge < -0.3 is 5.32 Å². The predicted molar refractivity (Wildman–Crippen MR) is 71.3 cm³/mol. The van der Waals surface area contributed by atoms with Crippen molar-refractivity contribution in [3.8, 4) is 0 Å². The fourth-order valence-corrected chi connectivity index (χ4v) is 2.51. The van der Waals surface area contributed by atoms with Crippen molar-refractivity contribution in [3.05, 3.63) is 17.4 Å². The van der Waals surface area contributed by atoms with Gasteiger partial charge in [0.25, 0.3) is 0 Å². The minimum absolute atomic E-state index is 0.580. The van der Waals surface area contributed by atoms with Gasteiger partial charge >= 0.3 is 0 Å². The Morgan fingerprint density at radius 1 is 1.24 bits per heavy atom. The average molecular weight is 254 g/mol. The predicted octanol–water partition coefficient (Wildman–Crippen LogP) is 3.76. The van der Waals surface area contributed by atoms with Crippen LogP contribution in [0.25, 0.3) is 0 Å². The summed E-state index contributed by atoms with van der Waals surface area (Å²) in [5.74, 6) is 2.49. The number of anilines is 1. The summed E-state index contributed by atoms with van der Waals surface area (Å²) < 4.78 is 0. The minimum Gasteiger partial charge on any atom is -0.354 e. The molecule has 0 atom stereocenters. The number of nitrogens with zero attached hydrogens (tertiary/aromatic N) is 2. The summed E-state index contributed by atoms with van der Waals surface area (Å²) in [7, 11) is 0. The Bertz CT molecular complexity index is 331. The van der Waals surface area contributed by atoms with Gasteiger partial charge in [-0.3, -0.25) is 0 Å². The summed E-state index contributed by atoms with van der Waals surface area (Å²) in [5, 5.41) is 3.83. The Labute approximate surface area is 108 Å². The second kappa shape index (κ2) is 6.20. The number of rotatable bonds is 4. The first kappa shape index (κ1) is 12.6. The quantitative estimate of drug-likeness (QED) is 0.888. The van der Waals surface area contributed by atoms with E-state index in [9.17, 15) is 0 Å². The van der Waals surface area contributed by atoms with Gasteiger partial charge in [-0.2, -0.15) is 0 Å². The highest BCUT2D eigenvalue weighted by molar-refractivity contribution is 6.30. The van der Waals surface area contributed by atoms with Crippen LogP contribution in [0.1, 0.15) is 39.0 Å². The monoisotopic (exact) mass is 253 g/mol. The van der Waals surface area contributed by atoms with Gasteiger partial charge in [0.15, 0.2) is 0 Å². The Hall–Kier alpha value is -0.830. The van der Waals surface area contributed by atoms with E-state index in [0.717, 1.165) is 18.4 Å². The maximum Gasteiger partial charge on any atom is 0.222 e. The molecule has 0 unspecified atom stereocenters. The van der Waals surface area contributed by atoms with E-state index in [-0.39, 0.29) is 0 Å². The number of nitrogens with one attached hydrogen (secondary N) is 1. The Balaban J connectivity index is 1.67. The summed E-state index contributed by atoms with van der Waals surface area (Å²) in [5.41, 5.74) is 0. The molecule has 4 heteroatoms. The molecule has 0 saturated heterocycles. The van der Waals surface area contributed by atoms with Crippen LogP contribution in [0.3, 0.4) is 0 Å². The molecule has 0 radical (unpaired) electrons. The van der Waals surface area contributed by atoms with Crippen LogP contribution >= 0.6 is 11.6 Å². The molecule has 0 spiro atoms. The summed E-state index contributed by atoms with van der Waals surface area (Å²) in [6.45, 7) is 3.32. The maximum atomic E-state index is 5.73. The van der Waals surface area contributed by atoms with Crippen LogP contribution < -0.4 is 5.32 Å². The highest BCUT2D eigenvalue weighted by Crippen LogP contribution is 2.30. The summed E-state index contributed by atoms with van der Waals surface area (Å²) in [4.78, 5) is 8.24. The van der Waals surface area contributed by atoms with E-state index in [2.05, 4.69) is 22.2 Å². The van der Waals surface area contributed by atoms with Crippen molar-refractivity contribution in [2.24, 2.45) is 11.8 Å². The zero-order chi connectivity index (χ0) is 12.1. The third kappa shape index (κ3) is 4.15. The molecule has 1 aromatic rings. The first-order valence-electron chi connectivity index (χ1n) is 6.45. The molecule has 1 heterocycles. The Morgan fingerprint density at radius 2 is 1.88 bits per heavy atom. The zero-order valence-electron chi connectivity index (χ0n) is 10.3. The molecule has 1 saturated carbocycles. The third-order valence-corrected chi connectivity index (χ3v) is 3.79. The van der Waals surface area contributed by atoms with Crippen LogP contribution in [-0.2, 0) is 0 Å². The van der Waals surface area contributed by atoms with Crippen molar-refractivity contribution in [2.75, 3.05) is 11.9 Å². The summed E-state index contributed by atoms with van der Waals surface area (Å²) in [6, 6.07) is 0. The normalized spacial score (nSPS) is 24.6. The molecule has 3 nitrogen and oxygen atoms in total. The van der Waals surface area contributed by atoms with Gasteiger partial charge in [-0.1, -0.05) is 44.2 Å². The lowest BCUT2D eigenvalue weighted by atomic mass is 9.81. The van der Waals surface area contributed by atoms with Gasteiger partial charge in [0.1, 0.15) is 0 Å². The molecule has 1 aliphatic carbocycles. The molecule has 1 aromatic heterocycles. The molecule has 1 N–H and O–H groups in total. The Morgan fingerprint density at radius 3 is 2.53 bits per heavy atom. The van der Waals surface area contributed by atoms with E-state index in [4.69, 9.17) is 11.6 Å². The van der Waals surface area contributed by atoms with E-state index in [1.165, 1.54) is 32.1 Å². The standard InChI is InChI=1S/C13H20ClN3/c1-10-2-4-11(5-3-10)6-7-15-13-16-8-12(14)9-17-13/h8-11H,2-7H2,1H3,(H,15,16,17). The van der Waals surface area contributed by atoms with Crippen LogP contribution in [0, 0.1) is 11.8 Å². The first-order chi connectivity index (χ1) is 8.24. The molecule has 17 heavy (non-hydrogen) atoms. The largest absolute Gasteiger partial charge is 0.354 e. The molecule has 1 fully saturated rings. The van der Waals surface area contributed by atoms with Crippen LogP contribution in [0.2, 0.25) is 5.02 Å². The van der Waals surface area contributed by atoms with Gasteiger partial charge in [0.05, 0.1) is 17.4 Å². The molecule has 94 valence electrons. The van der Waals surface area contributed by atoms with Crippen LogP contribution in [0.4, 0.5) is 5.95 Å². The lowest BCUT2D eigenvalue weighted by Gasteiger charge is -2.26.